The molecule has 0 bridgehead atoms. The maximum Gasteiger partial charge on any atom is 0.338 e. The van der Waals surface area contributed by atoms with E-state index in [0.29, 0.717) is 0 Å². The van der Waals surface area contributed by atoms with Gasteiger partial charge < -0.3 is 19.9 Å². The highest BCUT2D eigenvalue weighted by molar-refractivity contribution is 5.90. The maximum atomic E-state index is 15.6. The quantitative estimate of drug-likeness (QED) is 0.503. The molecule has 1 amide bonds. The second kappa shape index (κ2) is 10.3. The number of ether oxygens (including phenoxy) is 3. The second-order valence-corrected chi connectivity index (χ2v) is 7.56. The zero-order valence-corrected chi connectivity index (χ0v) is 18.2. The van der Waals surface area contributed by atoms with Crippen molar-refractivity contribution in [2.75, 3.05) is 6.61 Å². The minimum atomic E-state index is -2.05. The van der Waals surface area contributed by atoms with Crippen molar-refractivity contribution in [1.29, 1.82) is 0 Å². The molecule has 3 aromatic rings. The van der Waals surface area contributed by atoms with E-state index in [-0.39, 0.29) is 11.1 Å². The van der Waals surface area contributed by atoms with Crippen LogP contribution in [-0.2, 0) is 14.2 Å². The van der Waals surface area contributed by atoms with Crippen LogP contribution in [0.15, 0.2) is 77.9 Å². The normalized spacial score (nSPS) is 21.3. The smallest absolute Gasteiger partial charge is 0.338 e. The predicted molar refractivity (Wildman–Crippen MR) is 118 cm³/mol. The number of esters is 2. The number of primary amides is 1. The highest BCUT2D eigenvalue weighted by Crippen LogP contribution is 2.34. The minimum Gasteiger partial charge on any atom is -0.459 e. The van der Waals surface area contributed by atoms with Crippen molar-refractivity contribution in [1.82, 2.24) is 9.55 Å². The highest BCUT2D eigenvalue weighted by atomic mass is 19.1. The number of amides is 1. The van der Waals surface area contributed by atoms with Crippen LogP contribution in [0.2, 0.25) is 0 Å². The first-order chi connectivity index (χ1) is 16.9. The van der Waals surface area contributed by atoms with E-state index in [1.165, 1.54) is 24.3 Å². The Morgan fingerprint density at radius 2 is 1.60 bits per heavy atom. The molecule has 0 aliphatic carbocycles. The molecule has 4 rings (SSSR count). The van der Waals surface area contributed by atoms with Crippen molar-refractivity contribution >= 4 is 17.8 Å². The van der Waals surface area contributed by atoms with E-state index in [2.05, 4.69) is 4.98 Å². The largest absolute Gasteiger partial charge is 0.459 e. The van der Waals surface area contributed by atoms with Gasteiger partial charge in [-0.05, 0) is 24.3 Å². The van der Waals surface area contributed by atoms with Crippen LogP contribution in [0.25, 0.3) is 0 Å². The van der Waals surface area contributed by atoms with Gasteiger partial charge in [0.1, 0.15) is 12.7 Å². The van der Waals surface area contributed by atoms with Crippen LogP contribution in [0.5, 0.6) is 0 Å². The number of hydrogen-bond donors (Lipinski definition) is 1. The molecule has 35 heavy (non-hydrogen) atoms. The number of rotatable bonds is 7. The van der Waals surface area contributed by atoms with E-state index in [1.54, 1.807) is 36.4 Å². The van der Waals surface area contributed by atoms with E-state index in [0.717, 1.165) is 17.0 Å². The average molecular weight is 481 g/mol. The van der Waals surface area contributed by atoms with Gasteiger partial charge in [0.05, 0.1) is 11.1 Å². The van der Waals surface area contributed by atoms with Gasteiger partial charge in [0.2, 0.25) is 0 Å². The van der Waals surface area contributed by atoms with Crippen LogP contribution in [0.1, 0.15) is 37.4 Å². The lowest BCUT2D eigenvalue weighted by Crippen LogP contribution is -2.38. The fourth-order valence-corrected chi connectivity index (χ4v) is 3.57. The zero-order valence-electron chi connectivity index (χ0n) is 18.2. The van der Waals surface area contributed by atoms with Crippen LogP contribution in [0.4, 0.5) is 4.39 Å². The Morgan fingerprint density at radius 3 is 2.20 bits per heavy atom. The standard InChI is InChI=1S/C24H20FN3O7/c25-17-19(35-24(32)15-9-5-2-6-10-15)16(13-33-23(31)14-7-3-1-4-8-14)34-22(17)28-12-11-27-18(20(26)29)21(28)30/h1-12,16-17,19,22H,13H2,(H2,26,29)/t16-,17-,19-,22-/m1/s1. The van der Waals surface area contributed by atoms with Gasteiger partial charge in [0.25, 0.3) is 11.5 Å². The summed E-state index contributed by atoms with van der Waals surface area (Å²) in [4.78, 5) is 52.7. The minimum absolute atomic E-state index is 0.167. The number of benzene rings is 2. The third-order valence-electron chi connectivity index (χ3n) is 5.28. The molecule has 2 heterocycles. The van der Waals surface area contributed by atoms with Crippen molar-refractivity contribution in [3.05, 3.63) is 100 Å². The molecule has 0 radical (unpaired) electrons. The van der Waals surface area contributed by atoms with Crippen molar-refractivity contribution in [3.63, 3.8) is 0 Å². The molecule has 1 aromatic heterocycles. The third-order valence-corrected chi connectivity index (χ3v) is 5.28. The Kier molecular flexibility index (Phi) is 6.97. The number of halogens is 1. The Balaban J connectivity index is 1.59. The first-order valence-corrected chi connectivity index (χ1v) is 10.5. The summed E-state index contributed by atoms with van der Waals surface area (Å²) in [6, 6.07) is 16.0. The molecular formula is C24H20FN3O7. The van der Waals surface area contributed by atoms with E-state index in [4.69, 9.17) is 19.9 Å². The summed E-state index contributed by atoms with van der Waals surface area (Å²) < 4.78 is 32.7. The summed E-state index contributed by atoms with van der Waals surface area (Å²) in [5.41, 5.74) is 3.99. The number of nitrogens with two attached hydrogens (primary N) is 1. The van der Waals surface area contributed by atoms with Gasteiger partial charge in [-0.3, -0.25) is 14.2 Å². The molecule has 0 saturated carbocycles. The number of carbonyl (C=O) groups is 3. The molecule has 0 spiro atoms. The summed E-state index contributed by atoms with van der Waals surface area (Å²) in [5, 5.41) is 0. The summed E-state index contributed by atoms with van der Waals surface area (Å²) in [7, 11) is 0. The van der Waals surface area contributed by atoms with Gasteiger partial charge >= 0.3 is 11.9 Å². The number of carbonyl (C=O) groups excluding carboxylic acids is 3. The molecular weight excluding hydrogens is 461 g/mol. The first kappa shape index (κ1) is 23.8. The summed E-state index contributed by atoms with van der Waals surface area (Å²) in [5.74, 6) is -2.63. The van der Waals surface area contributed by atoms with Crippen LogP contribution in [0, 0.1) is 0 Å². The van der Waals surface area contributed by atoms with Gasteiger partial charge in [0.15, 0.2) is 24.2 Å². The van der Waals surface area contributed by atoms with Crippen molar-refractivity contribution in [2.24, 2.45) is 5.73 Å². The number of alkyl halides is 1. The van der Waals surface area contributed by atoms with Gasteiger partial charge in [0, 0.05) is 12.4 Å². The molecule has 1 saturated heterocycles. The first-order valence-electron chi connectivity index (χ1n) is 10.5. The second-order valence-electron chi connectivity index (χ2n) is 7.56. The summed E-state index contributed by atoms with van der Waals surface area (Å²) in [6.45, 7) is -0.472. The van der Waals surface area contributed by atoms with Crippen molar-refractivity contribution in [2.45, 2.75) is 24.6 Å². The molecule has 180 valence electrons. The fraction of sp³-hybridized carbons (Fsp3) is 0.208. The van der Waals surface area contributed by atoms with Crippen LogP contribution in [0.3, 0.4) is 0 Å². The zero-order chi connectivity index (χ0) is 24.9. The fourth-order valence-electron chi connectivity index (χ4n) is 3.57. The number of hydrogen-bond acceptors (Lipinski definition) is 8. The molecule has 2 N–H and O–H groups in total. The molecule has 4 atom stereocenters. The van der Waals surface area contributed by atoms with Crippen LogP contribution < -0.4 is 11.3 Å². The summed E-state index contributed by atoms with van der Waals surface area (Å²) in [6.07, 6.45) is -4.24. The lowest BCUT2D eigenvalue weighted by atomic mass is 10.1. The molecule has 1 aliphatic heterocycles. The maximum absolute atomic E-state index is 15.6. The van der Waals surface area contributed by atoms with E-state index < -0.39 is 60.3 Å². The van der Waals surface area contributed by atoms with Gasteiger partial charge in [-0.25, -0.2) is 19.0 Å². The average Bonchev–Trinajstić information content (AvgIpc) is 3.18. The topological polar surface area (TPSA) is 140 Å². The monoisotopic (exact) mass is 481 g/mol. The van der Waals surface area contributed by atoms with Crippen LogP contribution in [-0.4, -0.2) is 52.4 Å². The Morgan fingerprint density at radius 1 is 1.00 bits per heavy atom. The number of aromatic nitrogens is 2. The third kappa shape index (κ3) is 5.09. The molecule has 11 heteroatoms. The molecule has 10 nitrogen and oxygen atoms in total. The number of nitrogens with zero attached hydrogens (tertiary/aromatic N) is 2. The van der Waals surface area contributed by atoms with Crippen molar-refractivity contribution < 1.29 is 33.0 Å². The van der Waals surface area contributed by atoms with Crippen LogP contribution >= 0.6 is 0 Å². The summed E-state index contributed by atoms with van der Waals surface area (Å²) >= 11 is 0. The van der Waals surface area contributed by atoms with E-state index in [9.17, 15) is 19.2 Å². The Bertz CT molecular complexity index is 1280. The highest BCUT2D eigenvalue weighted by Gasteiger charge is 2.49. The lowest BCUT2D eigenvalue weighted by molar-refractivity contribution is -0.0589. The Labute approximate surface area is 198 Å². The van der Waals surface area contributed by atoms with E-state index >= 15 is 4.39 Å². The molecule has 1 aliphatic rings. The van der Waals surface area contributed by atoms with Gasteiger partial charge in [-0.15, -0.1) is 0 Å². The molecule has 0 unspecified atom stereocenters. The lowest BCUT2D eigenvalue weighted by Gasteiger charge is -2.19. The van der Waals surface area contributed by atoms with Crippen molar-refractivity contribution in [3.8, 4) is 0 Å². The predicted octanol–water partition coefficient (Wildman–Crippen LogP) is 1.66. The Hall–Kier alpha value is -4.38. The van der Waals surface area contributed by atoms with Gasteiger partial charge in [-0.2, -0.15) is 0 Å². The van der Waals surface area contributed by atoms with E-state index in [1.807, 2.05) is 0 Å². The molecule has 2 aromatic carbocycles. The SMILES string of the molecule is NC(=O)c1nccn([C@@H]2O[C@H](COC(=O)c3ccccc3)[C@@H](OC(=O)c3ccccc3)[C@H]2F)c1=O. The van der Waals surface area contributed by atoms with Gasteiger partial charge in [-0.1, -0.05) is 36.4 Å². The molecule has 1 fully saturated rings.